The molecular formula is C10H16N2O3S. The first-order chi connectivity index (χ1) is 7.53. The number of anilines is 2. The van der Waals surface area contributed by atoms with E-state index in [0.29, 0.717) is 24.4 Å². The minimum absolute atomic E-state index is 0.0373. The van der Waals surface area contributed by atoms with E-state index >= 15 is 0 Å². The molecule has 0 aliphatic carbocycles. The van der Waals surface area contributed by atoms with Gasteiger partial charge in [0.15, 0.2) is 0 Å². The van der Waals surface area contributed by atoms with E-state index in [1.54, 1.807) is 24.3 Å². The summed E-state index contributed by atoms with van der Waals surface area (Å²) in [7, 11) is -1.77. The van der Waals surface area contributed by atoms with E-state index in [9.17, 15) is 8.42 Å². The van der Waals surface area contributed by atoms with Gasteiger partial charge in [0, 0.05) is 19.4 Å². The Bertz CT molecular complexity index is 431. The van der Waals surface area contributed by atoms with Gasteiger partial charge < -0.3 is 10.5 Å². The van der Waals surface area contributed by atoms with E-state index in [0.717, 1.165) is 0 Å². The van der Waals surface area contributed by atoms with Crippen molar-refractivity contribution in [3.63, 3.8) is 0 Å². The highest BCUT2D eigenvalue weighted by atomic mass is 32.2. The smallest absolute Gasteiger partial charge is 0.232 e. The first kappa shape index (κ1) is 12.8. The Kier molecular flexibility index (Phi) is 4.57. The lowest BCUT2D eigenvalue weighted by molar-refractivity contribution is 0.199. The van der Waals surface area contributed by atoms with E-state index < -0.39 is 10.0 Å². The molecule has 0 aliphatic rings. The minimum atomic E-state index is -3.31. The second kappa shape index (κ2) is 5.72. The van der Waals surface area contributed by atoms with Crippen molar-refractivity contribution < 1.29 is 13.2 Å². The number of nitrogen functional groups attached to an aromatic ring is 1. The lowest BCUT2D eigenvalue weighted by Gasteiger charge is -2.08. The molecule has 0 heterocycles. The van der Waals surface area contributed by atoms with Crippen LogP contribution in [0.3, 0.4) is 0 Å². The van der Waals surface area contributed by atoms with Crippen LogP contribution in [0.25, 0.3) is 0 Å². The van der Waals surface area contributed by atoms with Crippen molar-refractivity contribution in [1.29, 1.82) is 0 Å². The monoisotopic (exact) mass is 244 g/mol. The maximum absolute atomic E-state index is 11.6. The Morgan fingerprint density at radius 2 is 2.19 bits per heavy atom. The second-order valence-corrected chi connectivity index (χ2v) is 5.23. The third-order valence-electron chi connectivity index (χ3n) is 1.92. The summed E-state index contributed by atoms with van der Waals surface area (Å²) in [5.74, 6) is 0.0373. The topological polar surface area (TPSA) is 81.4 Å². The molecule has 0 amide bonds. The fourth-order valence-corrected chi connectivity index (χ4v) is 2.31. The molecule has 5 nitrogen and oxygen atoms in total. The number of hydrogen-bond donors (Lipinski definition) is 2. The number of sulfonamides is 1. The Morgan fingerprint density at radius 1 is 1.44 bits per heavy atom. The van der Waals surface area contributed by atoms with Gasteiger partial charge in [0.25, 0.3) is 0 Å². The van der Waals surface area contributed by atoms with Gasteiger partial charge in [0.2, 0.25) is 10.0 Å². The highest BCUT2D eigenvalue weighted by Crippen LogP contribution is 2.13. The summed E-state index contributed by atoms with van der Waals surface area (Å²) in [6.45, 7) is 0.428. The van der Waals surface area contributed by atoms with E-state index in [-0.39, 0.29) is 5.75 Å². The SMILES string of the molecule is COCCCS(=O)(=O)Nc1cccc(N)c1. The lowest BCUT2D eigenvalue weighted by atomic mass is 10.3. The van der Waals surface area contributed by atoms with Crippen LogP contribution in [0, 0.1) is 0 Å². The Labute approximate surface area is 95.7 Å². The molecule has 0 saturated heterocycles. The van der Waals surface area contributed by atoms with Crippen molar-refractivity contribution in [1.82, 2.24) is 0 Å². The molecule has 1 aromatic carbocycles. The summed E-state index contributed by atoms with van der Waals surface area (Å²) in [5, 5.41) is 0. The number of hydrogen-bond acceptors (Lipinski definition) is 4. The van der Waals surface area contributed by atoms with Crippen LogP contribution >= 0.6 is 0 Å². The molecule has 0 aromatic heterocycles. The zero-order valence-electron chi connectivity index (χ0n) is 9.14. The molecule has 3 N–H and O–H groups in total. The van der Waals surface area contributed by atoms with Crippen LogP contribution in [0.2, 0.25) is 0 Å². The first-order valence-corrected chi connectivity index (χ1v) is 6.54. The molecule has 0 saturated carbocycles. The van der Waals surface area contributed by atoms with Crippen molar-refractivity contribution in [3.05, 3.63) is 24.3 Å². The number of nitrogens with one attached hydrogen (secondary N) is 1. The number of nitrogens with two attached hydrogens (primary N) is 1. The average Bonchev–Trinajstić information content (AvgIpc) is 2.17. The molecule has 0 radical (unpaired) electrons. The van der Waals surface area contributed by atoms with Crippen LogP contribution in [0.4, 0.5) is 11.4 Å². The zero-order valence-corrected chi connectivity index (χ0v) is 9.96. The number of rotatable bonds is 6. The molecule has 0 atom stereocenters. The summed E-state index contributed by atoms with van der Waals surface area (Å²) < 4.78 is 30.4. The van der Waals surface area contributed by atoms with Gasteiger partial charge in [-0.1, -0.05) is 6.07 Å². The van der Waals surface area contributed by atoms with Crippen LogP contribution in [0.1, 0.15) is 6.42 Å². The molecule has 6 heteroatoms. The van der Waals surface area contributed by atoms with Gasteiger partial charge in [0.1, 0.15) is 0 Å². The standard InChI is InChI=1S/C10H16N2O3S/c1-15-6-3-7-16(13,14)12-10-5-2-4-9(11)8-10/h2,4-5,8,12H,3,6-7,11H2,1H3. The van der Waals surface area contributed by atoms with Crippen molar-refractivity contribution in [2.45, 2.75) is 6.42 Å². The van der Waals surface area contributed by atoms with Crippen molar-refractivity contribution in [2.24, 2.45) is 0 Å². The predicted molar refractivity (Wildman–Crippen MR) is 64.8 cm³/mol. The third-order valence-corrected chi connectivity index (χ3v) is 3.29. The van der Waals surface area contributed by atoms with Gasteiger partial charge in [-0.2, -0.15) is 0 Å². The summed E-state index contributed by atoms with van der Waals surface area (Å²) in [4.78, 5) is 0. The molecule has 1 aromatic rings. The van der Waals surface area contributed by atoms with Crippen LogP contribution in [0.15, 0.2) is 24.3 Å². The minimum Gasteiger partial charge on any atom is -0.399 e. The van der Waals surface area contributed by atoms with Crippen molar-refractivity contribution in [2.75, 3.05) is 29.9 Å². The number of methoxy groups -OCH3 is 1. The Balaban J connectivity index is 2.59. The predicted octanol–water partition coefficient (Wildman–Crippen LogP) is 1.05. The molecule has 0 fully saturated rings. The van der Waals surface area contributed by atoms with Gasteiger partial charge >= 0.3 is 0 Å². The van der Waals surface area contributed by atoms with Crippen LogP contribution in [-0.4, -0.2) is 27.9 Å². The first-order valence-electron chi connectivity index (χ1n) is 4.88. The normalized spacial score (nSPS) is 11.3. The third kappa shape index (κ3) is 4.50. The Hall–Kier alpha value is -1.27. The molecule has 0 unspecified atom stereocenters. The fraction of sp³-hybridized carbons (Fsp3) is 0.400. The van der Waals surface area contributed by atoms with E-state index in [4.69, 9.17) is 10.5 Å². The number of benzene rings is 1. The van der Waals surface area contributed by atoms with E-state index in [1.807, 2.05) is 0 Å². The maximum atomic E-state index is 11.6. The Morgan fingerprint density at radius 3 is 2.81 bits per heavy atom. The highest BCUT2D eigenvalue weighted by Gasteiger charge is 2.09. The second-order valence-electron chi connectivity index (χ2n) is 3.39. The summed E-state index contributed by atoms with van der Waals surface area (Å²) in [5.41, 5.74) is 6.55. The summed E-state index contributed by atoms with van der Waals surface area (Å²) in [6.07, 6.45) is 0.466. The van der Waals surface area contributed by atoms with E-state index in [2.05, 4.69) is 4.72 Å². The summed E-state index contributed by atoms with van der Waals surface area (Å²) in [6, 6.07) is 6.63. The average molecular weight is 244 g/mol. The largest absolute Gasteiger partial charge is 0.399 e. The molecule has 0 aliphatic heterocycles. The fourth-order valence-electron chi connectivity index (χ4n) is 1.23. The highest BCUT2D eigenvalue weighted by molar-refractivity contribution is 7.92. The van der Waals surface area contributed by atoms with Crippen LogP contribution < -0.4 is 10.5 Å². The van der Waals surface area contributed by atoms with E-state index in [1.165, 1.54) is 7.11 Å². The van der Waals surface area contributed by atoms with Gasteiger partial charge in [0.05, 0.1) is 11.4 Å². The zero-order chi connectivity index (χ0) is 12.0. The van der Waals surface area contributed by atoms with Crippen LogP contribution in [0.5, 0.6) is 0 Å². The molecule has 16 heavy (non-hydrogen) atoms. The molecule has 90 valence electrons. The van der Waals surface area contributed by atoms with Gasteiger partial charge in [-0.15, -0.1) is 0 Å². The van der Waals surface area contributed by atoms with Crippen LogP contribution in [-0.2, 0) is 14.8 Å². The molecule has 0 bridgehead atoms. The van der Waals surface area contributed by atoms with Crippen molar-refractivity contribution >= 4 is 21.4 Å². The van der Waals surface area contributed by atoms with Gasteiger partial charge in [-0.25, -0.2) is 8.42 Å². The van der Waals surface area contributed by atoms with Gasteiger partial charge in [-0.05, 0) is 24.6 Å². The van der Waals surface area contributed by atoms with Crippen molar-refractivity contribution in [3.8, 4) is 0 Å². The molecule has 1 rings (SSSR count). The summed E-state index contributed by atoms with van der Waals surface area (Å²) >= 11 is 0. The molecule has 0 spiro atoms. The maximum Gasteiger partial charge on any atom is 0.232 e. The molecular weight excluding hydrogens is 228 g/mol. The quantitative estimate of drug-likeness (QED) is 0.579. The van der Waals surface area contributed by atoms with Gasteiger partial charge in [-0.3, -0.25) is 4.72 Å². The lowest BCUT2D eigenvalue weighted by Crippen LogP contribution is -2.17. The number of ether oxygens (including phenoxy) is 1.